The molecule has 0 amide bonds. The number of hydrogen-bond acceptors (Lipinski definition) is 3. The van der Waals surface area contributed by atoms with Gasteiger partial charge in [0, 0.05) is 0 Å². The second-order valence-corrected chi connectivity index (χ2v) is 16.1. The molecule has 0 radical (unpaired) electrons. The average Bonchev–Trinajstić information content (AvgIpc) is 3.21. The van der Waals surface area contributed by atoms with Crippen molar-refractivity contribution in [3.8, 4) is 0 Å². The minimum Gasteiger partial charge on any atom is -0.393 e. The summed E-state index contributed by atoms with van der Waals surface area (Å²) in [7, 11) is 0. The van der Waals surface area contributed by atoms with Crippen LogP contribution in [0.5, 0.6) is 0 Å². The first kappa shape index (κ1) is 27.2. The van der Waals surface area contributed by atoms with Crippen molar-refractivity contribution in [1.29, 1.82) is 0 Å². The van der Waals surface area contributed by atoms with Gasteiger partial charge in [-0.05, 0) is 137 Å². The van der Waals surface area contributed by atoms with Crippen LogP contribution in [0.1, 0.15) is 127 Å². The van der Waals surface area contributed by atoms with Crippen LogP contribution in [0.15, 0.2) is 12.2 Å². The Morgan fingerprint density at radius 3 is 2.11 bits per heavy atom. The molecule has 0 aromatic carbocycles. The van der Waals surface area contributed by atoms with Crippen LogP contribution in [0.2, 0.25) is 0 Å². The molecule has 3 nitrogen and oxygen atoms in total. The quantitative estimate of drug-likeness (QED) is 0.395. The average molecular weight is 501 g/mol. The zero-order chi connectivity index (χ0) is 26.5. The van der Waals surface area contributed by atoms with Gasteiger partial charge in [0.2, 0.25) is 0 Å². The third-order valence-electron chi connectivity index (χ3n) is 13.3. The summed E-state index contributed by atoms with van der Waals surface area (Å²) >= 11 is 0. The lowest BCUT2D eigenvalue weighted by Crippen LogP contribution is -2.63. The van der Waals surface area contributed by atoms with Gasteiger partial charge in [0.25, 0.3) is 0 Å². The number of ether oxygens (including phenoxy) is 2. The molecular formula is C33H56O3. The predicted octanol–water partition coefficient (Wildman–Crippen LogP) is 8.30. The zero-order valence-corrected chi connectivity index (χ0v) is 25.0. The lowest BCUT2D eigenvalue weighted by atomic mass is 9.35. The predicted molar refractivity (Wildman–Crippen MR) is 147 cm³/mol. The van der Waals surface area contributed by atoms with Crippen molar-refractivity contribution in [2.24, 2.45) is 45.3 Å². The van der Waals surface area contributed by atoms with Crippen LogP contribution in [0.3, 0.4) is 0 Å². The molecule has 1 unspecified atom stereocenters. The van der Waals surface area contributed by atoms with Gasteiger partial charge in [0.1, 0.15) is 0 Å². The Hall–Kier alpha value is -0.380. The second-order valence-electron chi connectivity index (χ2n) is 16.1. The molecule has 4 saturated carbocycles. The fourth-order valence-electron chi connectivity index (χ4n) is 11.3. The summed E-state index contributed by atoms with van der Waals surface area (Å²) in [6.45, 7) is 25.8. The Labute approximate surface area is 222 Å². The first-order chi connectivity index (χ1) is 16.5. The van der Waals surface area contributed by atoms with Gasteiger partial charge in [0.05, 0.1) is 17.8 Å². The molecular weight excluding hydrogens is 444 g/mol. The highest BCUT2D eigenvalue weighted by Gasteiger charge is 2.68. The minimum atomic E-state index is -0.493. The van der Waals surface area contributed by atoms with Crippen molar-refractivity contribution in [1.82, 2.24) is 0 Å². The molecule has 36 heavy (non-hydrogen) atoms. The van der Waals surface area contributed by atoms with E-state index in [1.165, 1.54) is 50.5 Å². The molecule has 0 spiro atoms. The normalized spacial score (nSPS) is 50.7. The highest BCUT2D eigenvalue weighted by atomic mass is 16.8. The molecule has 5 rings (SSSR count). The van der Waals surface area contributed by atoms with Gasteiger partial charge in [-0.2, -0.15) is 0 Å². The molecule has 5 aliphatic rings. The van der Waals surface area contributed by atoms with Crippen molar-refractivity contribution in [2.75, 3.05) is 0 Å². The molecule has 1 aliphatic heterocycles. The van der Waals surface area contributed by atoms with Gasteiger partial charge < -0.3 is 14.6 Å². The smallest absolute Gasteiger partial charge is 0.164 e. The summed E-state index contributed by atoms with van der Waals surface area (Å²) in [4.78, 5) is 0. The highest BCUT2D eigenvalue weighted by molar-refractivity contribution is 5.20. The van der Waals surface area contributed by atoms with E-state index in [9.17, 15) is 5.11 Å². The number of aliphatic hydroxyl groups is 1. The van der Waals surface area contributed by atoms with Crippen LogP contribution in [0.25, 0.3) is 0 Å². The summed E-state index contributed by atoms with van der Waals surface area (Å²) in [5, 5.41) is 10.9. The Morgan fingerprint density at radius 1 is 0.806 bits per heavy atom. The van der Waals surface area contributed by atoms with E-state index in [-0.39, 0.29) is 23.2 Å². The van der Waals surface area contributed by atoms with Gasteiger partial charge in [0.15, 0.2) is 5.79 Å². The number of hydrogen-bond donors (Lipinski definition) is 1. The molecule has 1 N–H and O–H groups in total. The Bertz CT molecular complexity index is 887. The van der Waals surface area contributed by atoms with Crippen LogP contribution in [0.4, 0.5) is 0 Å². The number of allylic oxidation sites excluding steroid dienone is 1. The molecule has 206 valence electrons. The van der Waals surface area contributed by atoms with Crippen LogP contribution in [-0.4, -0.2) is 28.7 Å². The van der Waals surface area contributed by atoms with Crippen molar-refractivity contribution in [3.63, 3.8) is 0 Å². The van der Waals surface area contributed by atoms with Gasteiger partial charge >= 0.3 is 0 Å². The Morgan fingerprint density at radius 2 is 1.47 bits per heavy atom. The third-order valence-corrected chi connectivity index (χ3v) is 13.3. The maximum atomic E-state index is 10.9. The lowest BCUT2D eigenvalue weighted by molar-refractivity contribution is -0.220. The van der Waals surface area contributed by atoms with Gasteiger partial charge in [-0.3, -0.25) is 0 Å². The molecule has 1 heterocycles. The summed E-state index contributed by atoms with van der Waals surface area (Å²) in [6, 6.07) is 0. The largest absolute Gasteiger partial charge is 0.393 e. The maximum absolute atomic E-state index is 10.9. The van der Waals surface area contributed by atoms with E-state index < -0.39 is 5.79 Å². The van der Waals surface area contributed by atoms with Crippen LogP contribution in [-0.2, 0) is 9.47 Å². The standard InChI is InChI=1S/C33H56O3/c1-21(11-14-27-29(4,5)36-30(6,7)35-27)22-15-19-32(9)23(22)12-13-25-31(8)18-17-26(34)28(2,3)24(31)16-20-33(25,32)10/h22-27,34H,1,11-20H2,2-10H3/t22-,23-,24+,25-,26+,27?,31+,32-,33-/m1/s1. The van der Waals surface area contributed by atoms with Gasteiger partial charge in [-0.25, -0.2) is 0 Å². The first-order valence-corrected chi connectivity index (χ1v) is 15.2. The topological polar surface area (TPSA) is 38.7 Å². The summed E-state index contributed by atoms with van der Waals surface area (Å²) < 4.78 is 12.5. The molecule has 0 bridgehead atoms. The SMILES string of the molecule is C=C(CCC1OC(C)(C)OC1(C)C)[C@H]1CC[C@]2(C)[C@@H]1CC[C@@H]1[C@@]3(C)CC[C@H](O)C(C)(C)[C@@H]3CC[C@]12C. The van der Waals surface area contributed by atoms with Crippen molar-refractivity contribution >= 4 is 0 Å². The fraction of sp³-hybridized carbons (Fsp3) is 0.939. The van der Waals surface area contributed by atoms with E-state index in [1.54, 1.807) is 0 Å². The van der Waals surface area contributed by atoms with E-state index in [0.717, 1.165) is 31.1 Å². The number of rotatable bonds is 4. The van der Waals surface area contributed by atoms with Crippen molar-refractivity contribution in [3.05, 3.63) is 12.2 Å². The Balaban J connectivity index is 1.32. The van der Waals surface area contributed by atoms with E-state index in [0.29, 0.717) is 28.1 Å². The molecule has 5 fully saturated rings. The van der Waals surface area contributed by atoms with Crippen LogP contribution in [0, 0.1) is 45.3 Å². The number of fused-ring (bicyclic) bond motifs is 5. The van der Waals surface area contributed by atoms with Crippen LogP contribution < -0.4 is 0 Å². The molecule has 3 heteroatoms. The van der Waals surface area contributed by atoms with Crippen molar-refractivity contribution in [2.45, 2.75) is 150 Å². The van der Waals surface area contributed by atoms with Gasteiger partial charge in [-0.1, -0.05) is 46.8 Å². The lowest BCUT2D eigenvalue weighted by Gasteiger charge is -2.69. The fourth-order valence-corrected chi connectivity index (χ4v) is 11.3. The van der Waals surface area contributed by atoms with E-state index in [4.69, 9.17) is 16.1 Å². The molecule has 1 saturated heterocycles. The van der Waals surface area contributed by atoms with Crippen molar-refractivity contribution < 1.29 is 14.6 Å². The van der Waals surface area contributed by atoms with E-state index in [1.807, 2.05) is 13.8 Å². The first-order valence-electron chi connectivity index (χ1n) is 15.2. The van der Waals surface area contributed by atoms with Crippen LogP contribution >= 0.6 is 0 Å². The minimum absolute atomic E-state index is 0.0347. The summed E-state index contributed by atoms with van der Waals surface area (Å²) in [6.07, 6.45) is 12.2. The third kappa shape index (κ3) is 3.75. The monoisotopic (exact) mass is 500 g/mol. The summed E-state index contributed by atoms with van der Waals surface area (Å²) in [5.74, 6) is 2.34. The second kappa shape index (κ2) is 8.31. The molecule has 0 aromatic rings. The zero-order valence-electron chi connectivity index (χ0n) is 25.0. The maximum Gasteiger partial charge on any atom is 0.164 e. The van der Waals surface area contributed by atoms with Gasteiger partial charge in [-0.15, -0.1) is 0 Å². The molecule has 9 atom stereocenters. The van der Waals surface area contributed by atoms with E-state index in [2.05, 4.69) is 48.5 Å². The molecule has 4 aliphatic carbocycles. The Kier molecular flexibility index (Phi) is 6.28. The number of aliphatic hydroxyl groups excluding tert-OH is 1. The van der Waals surface area contributed by atoms with E-state index >= 15 is 0 Å². The molecule has 0 aromatic heterocycles. The highest BCUT2D eigenvalue weighted by Crippen LogP contribution is 2.75. The summed E-state index contributed by atoms with van der Waals surface area (Å²) in [5.41, 5.74) is 2.41.